The van der Waals surface area contributed by atoms with E-state index >= 15 is 0 Å². The SMILES string of the molecule is CCN1C(=O)COc2nc(-c3ccc(CNC(=O)O)cc3)c(-c3ccccc3)cc21. The monoisotopic (exact) mass is 403 g/mol. The van der Waals surface area contributed by atoms with Crippen LogP contribution in [0.3, 0.4) is 0 Å². The van der Waals surface area contributed by atoms with E-state index in [0.29, 0.717) is 18.1 Å². The molecule has 4 rings (SSSR count). The molecule has 0 fully saturated rings. The van der Waals surface area contributed by atoms with Gasteiger partial charge in [-0.1, -0.05) is 54.6 Å². The number of amides is 2. The summed E-state index contributed by atoms with van der Waals surface area (Å²) in [7, 11) is 0. The molecule has 0 atom stereocenters. The van der Waals surface area contributed by atoms with Crippen molar-refractivity contribution < 1.29 is 19.4 Å². The fraction of sp³-hybridized carbons (Fsp3) is 0.174. The summed E-state index contributed by atoms with van der Waals surface area (Å²) in [6.45, 7) is 2.66. The molecule has 0 unspecified atom stereocenters. The number of fused-ring (bicyclic) bond motifs is 1. The van der Waals surface area contributed by atoms with Gasteiger partial charge >= 0.3 is 6.09 Å². The molecule has 0 radical (unpaired) electrons. The molecule has 2 amide bonds. The molecule has 2 heterocycles. The van der Waals surface area contributed by atoms with E-state index in [1.54, 1.807) is 4.90 Å². The second kappa shape index (κ2) is 8.24. The van der Waals surface area contributed by atoms with E-state index in [1.165, 1.54) is 0 Å². The molecule has 7 heteroatoms. The average Bonchev–Trinajstić information content (AvgIpc) is 2.78. The molecule has 0 saturated carbocycles. The minimum atomic E-state index is -1.06. The van der Waals surface area contributed by atoms with Crippen LogP contribution in [0.25, 0.3) is 22.4 Å². The summed E-state index contributed by atoms with van der Waals surface area (Å²) in [4.78, 5) is 29.4. The highest BCUT2D eigenvalue weighted by atomic mass is 16.5. The number of carbonyl (C=O) groups excluding carboxylic acids is 1. The van der Waals surface area contributed by atoms with Crippen LogP contribution in [0, 0.1) is 0 Å². The maximum absolute atomic E-state index is 12.3. The number of anilines is 1. The van der Waals surface area contributed by atoms with E-state index in [9.17, 15) is 9.59 Å². The number of ether oxygens (including phenoxy) is 1. The molecule has 1 aliphatic heterocycles. The van der Waals surface area contributed by atoms with Crippen LogP contribution in [-0.2, 0) is 11.3 Å². The number of nitrogens with zero attached hydrogens (tertiary/aromatic N) is 2. The molecule has 0 spiro atoms. The number of carbonyl (C=O) groups is 2. The number of carboxylic acid groups (broad SMARTS) is 1. The van der Waals surface area contributed by atoms with Gasteiger partial charge in [0.25, 0.3) is 5.91 Å². The number of nitrogens with one attached hydrogen (secondary N) is 1. The molecule has 1 aliphatic rings. The van der Waals surface area contributed by atoms with E-state index in [1.807, 2.05) is 67.6 Å². The predicted octanol–water partition coefficient (Wildman–Crippen LogP) is 3.93. The first-order valence-corrected chi connectivity index (χ1v) is 9.66. The lowest BCUT2D eigenvalue weighted by atomic mass is 9.97. The Morgan fingerprint density at radius 3 is 2.53 bits per heavy atom. The molecule has 1 aromatic heterocycles. The quantitative estimate of drug-likeness (QED) is 0.674. The number of rotatable bonds is 5. The standard InChI is InChI=1S/C23H21N3O4/c1-2-26-19-12-18(16-6-4-3-5-7-16)21(25-22(19)30-14-20(26)27)17-10-8-15(9-11-17)13-24-23(28)29/h3-12,24H,2,13-14H2,1H3,(H,28,29). The van der Waals surface area contributed by atoms with Gasteiger partial charge in [0, 0.05) is 24.2 Å². The van der Waals surface area contributed by atoms with Crippen molar-refractivity contribution in [2.75, 3.05) is 18.1 Å². The lowest BCUT2D eigenvalue weighted by Crippen LogP contribution is -2.39. The highest BCUT2D eigenvalue weighted by Gasteiger charge is 2.27. The number of hydrogen-bond donors (Lipinski definition) is 2. The summed E-state index contributed by atoms with van der Waals surface area (Å²) in [5.41, 5.74) is 5.00. The molecular weight excluding hydrogens is 382 g/mol. The number of benzene rings is 2. The molecule has 2 N–H and O–H groups in total. The van der Waals surface area contributed by atoms with Crippen LogP contribution >= 0.6 is 0 Å². The van der Waals surface area contributed by atoms with E-state index < -0.39 is 6.09 Å². The first-order chi connectivity index (χ1) is 14.6. The third-order valence-corrected chi connectivity index (χ3v) is 4.96. The van der Waals surface area contributed by atoms with Crippen molar-refractivity contribution in [2.24, 2.45) is 0 Å². The summed E-state index contributed by atoms with van der Waals surface area (Å²) < 4.78 is 5.63. The smallest absolute Gasteiger partial charge is 0.404 e. The third-order valence-electron chi connectivity index (χ3n) is 4.96. The van der Waals surface area contributed by atoms with Crippen LogP contribution < -0.4 is 15.0 Å². The highest BCUT2D eigenvalue weighted by molar-refractivity contribution is 5.99. The van der Waals surface area contributed by atoms with E-state index in [-0.39, 0.29) is 19.1 Å². The van der Waals surface area contributed by atoms with Crippen molar-refractivity contribution >= 4 is 17.7 Å². The maximum atomic E-state index is 12.3. The molecule has 152 valence electrons. The van der Waals surface area contributed by atoms with Crippen molar-refractivity contribution in [3.63, 3.8) is 0 Å². The van der Waals surface area contributed by atoms with Gasteiger partial charge in [0.15, 0.2) is 6.61 Å². The van der Waals surface area contributed by atoms with Gasteiger partial charge in [-0.05, 0) is 24.1 Å². The van der Waals surface area contributed by atoms with Crippen LogP contribution in [0.15, 0.2) is 60.7 Å². The second-order valence-electron chi connectivity index (χ2n) is 6.86. The van der Waals surface area contributed by atoms with Gasteiger partial charge in [-0.3, -0.25) is 4.79 Å². The Morgan fingerprint density at radius 2 is 1.87 bits per heavy atom. The van der Waals surface area contributed by atoms with Crippen molar-refractivity contribution in [3.8, 4) is 28.3 Å². The molecule has 7 nitrogen and oxygen atoms in total. The summed E-state index contributed by atoms with van der Waals surface area (Å²) in [5, 5.41) is 11.1. The van der Waals surface area contributed by atoms with Crippen LogP contribution in [0.2, 0.25) is 0 Å². The van der Waals surface area contributed by atoms with Gasteiger partial charge < -0.3 is 20.1 Å². The van der Waals surface area contributed by atoms with Gasteiger partial charge in [0.05, 0.1) is 5.69 Å². The number of pyridine rings is 1. The summed E-state index contributed by atoms with van der Waals surface area (Å²) in [6, 6.07) is 19.4. The Kier molecular flexibility index (Phi) is 5.34. The van der Waals surface area contributed by atoms with Gasteiger partial charge in [-0.2, -0.15) is 0 Å². The van der Waals surface area contributed by atoms with Crippen molar-refractivity contribution in [2.45, 2.75) is 13.5 Å². The summed E-state index contributed by atoms with van der Waals surface area (Å²) >= 11 is 0. The van der Waals surface area contributed by atoms with Crippen molar-refractivity contribution in [3.05, 3.63) is 66.2 Å². The molecule has 0 aliphatic carbocycles. The fourth-order valence-electron chi connectivity index (χ4n) is 3.49. The molecule has 30 heavy (non-hydrogen) atoms. The highest BCUT2D eigenvalue weighted by Crippen LogP contribution is 2.40. The average molecular weight is 403 g/mol. The molecule has 2 aromatic carbocycles. The third kappa shape index (κ3) is 3.82. The predicted molar refractivity (Wildman–Crippen MR) is 113 cm³/mol. The van der Waals surface area contributed by atoms with Crippen molar-refractivity contribution in [1.82, 2.24) is 10.3 Å². The molecule has 3 aromatic rings. The topological polar surface area (TPSA) is 91.8 Å². The van der Waals surface area contributed by atoms with Gasteiger partial charge in [0.2, 0.25) is 5.88 Å². The number of likely N-dealkylation sites (N-methyl/N-ethyl adjacent to an activating group) is 1. The summed E-state index contributed by atoms with van der Waals surface area (Å²) in [6.07, 6.45) is -1.06. The lowest BCUT2D eigenvalue weighted by molar-refractivity contribution is -0.121. The minimum Gasteiger partial charge on any atom is -0.466 e. The first-order valence-electron chi connectivity index (χ1n) is 9.66. The van der Waals surface area contributed by atoms with E-state index in [2.05, 4.69) is 5.32 Å². The Balaban J connectivity index is 1.81. The Labute approximate surface area is 173 Å². The Morgan fingerprint density at radius 1 is 1.13 bits per heavy atom. The van der Waals surface area contributed by atoms with Gasteiger partial charge in [-0.15, -0.1) is 0 Å². The van der Waals surface area contributed by atoms with Crippen molar-refractivity contribution in [1.29, 1.82) is 0 Å². The molecular formula is C23H21N3O4. The minimum absolute atomic E-state index is 0.0300. The normalized spacial score (nSPS) is 12.8. The van der Waals surface area contributed by atoms with Crippen LogP contribution in [-0.4, -0.2) is 35.2 Å². The maximum Gasteiger partial charge on any atom is 0.404 e. The zero-order chi connectivity index (χ0) is 21.1. The number of aromatic nitrogens is 1. The van der Waals surface area contributed by atoms with Crippen LogP contribution in [0.4, 0.5) is 10.5 Å². The largest absolute Gasteiger partial charge is 0.466 e. The zero-order valence-electron chi connectivity index (χ0n) is 16.5. The molecule has 0 saturated heterocycles. The van der Waals surface area contributed by atoms with Crippen LogP contribution in [0.1, 0.15) is 12.5 Å². The van der Waals surface area contributed by atoms with E-state index in [4.69, 9.17) is 14.8 Å². The van der Waals surface area contributed by atoms with E-state index in [0.717, 1.165) is 27.9 Å². The Hall–Kier alpha value is -3.87. The Bertz CT molecular complexity index is 1080. The first kappa shape index (κ1) is 19.4. The fourth-order valence-corrected chi connectivity index (χ4v) is 3.49. The second-order valence-corrected chi connectivity index (χ2v) is 6.86. The molecule has 0 bridgehead atoms. The van der Waals surface area contributed by atoms with Gasteiger partial charge in [0.1, 0.15) is 5.69 Å². The summed E-state index contributed by atoms with van der Waals surface area (Å²) in [5.74, 6) is 0.344. The van der Waals surface area contributed by atoms with Crippen LogP contribution in [0.5, 0.6) is 5.88 Å². The zero-order valence-corrected chi connectivity index (χ0v) is 16.5. The lowest BCUT2D eigenvalue weighted by Gasteiger charge is -2.28. The number of hydrogen-bond acceptors (Lipinski definition) is 4. The van der Waals surface area contributed by atoms with Gasteiger partial charge in [-0.25, -0.2) is 9.78 Å².